The van der Waals surface area contributed by atoms with Crippen molar-refractivity contribution >= 4 is 27.5 Å². The topological polar surface area (TPSA) is 75.7 Å². The summed E-state index contributed by atoms with van der Waals surface area (Å²) in [6, 6.07) is 14.3. The van der Waals surface area contributed by atoms with Crippen LogP contribution in [0.25, 0.3) is 0 Å². The molecule has 0 aliphatic carbocycles. The van der Waals surface area contributed by atoms with Crippen molar-refractivity contribution in [2.24, 2.45) is 0 Å². The summed E-state index contributed by atoms with van der Waals surface area (Å²) in [4.78, 5) is 12.8. The molecule has 6 nitrogen and oxygen atoms in total. The molecular weight excluding hydrogens is 412 g/mol. The van der Waals surface area contributed by atoms with Crippen LogP contribution in [0.3, 0.4) is 0 Å². The van der Waals surface area contributed by atoms with E-state index in [1.54, 1.807) is 24.3 Å². The van der Waals surface area contributed by atoms with Gasteiger partial charge in [-0.05, 0) is 31.5 Å². The van der Waals surface area contributed by atoms with Gasteiger partial charge in [0.25, 0.3) is 0 Å². The third-order valence-electron chi connectivity index (χ3n) is 4.81. The number of rotatable bonds is 6. The lowest BCUT2D eigenvalue weighted by molar-refractivity contribution is -0.122. The third-order valence-corrected chi connectivity index (χ3v) is 6.37. The Hall–Kier alpha value is -2.09. The summed E-state index contributed by atoms with van der Waals surface area (Å²) < 4.78 is 31.6. The average molecular weight is 437 g/mol. The fourth-order valence-electron chi connectivity index (χ4n) is 3.44. The van der Waals surface area contributed by atoms with Crippen LogP contribution in [0.5, 0.6) is 5.75 Å². The number of para-hydroxylation sites is 1. The number of fused-ring (bicyclic) bond motifs is 1. The summed E-state index contributed by atoms with van der Waals surface area (Å²) in [7, 11) is -3.61. The summed E-state index contributed by atoms with van der Waals surface area (Å²) in [5, 5.41) is 3.44. The van der Waals surface area contributed by atoms with E-state index in [4.69, 9.17) is 16.3 Å². The van der Waals surface area contributed by atoms with Crippen LogP contribution in [0.2, 0.25) is 5.02 Å². The van der Waals surface area contributed by atoms with E-state index < -0.39 is 15.6 Å². The Morgan fingerprint density at radius 2 is 1.86 bits per heavy atom. The number of carbonyl (C=O) groups excluding carboxylic acids is 1. The van der Waals surface area contributed by atoms with E-state index >= 15 is 0 Å². The number of carbonyl (C=O) groups is 1. The lowest BCUT2D eigenvalue weighted by atomic mass is 9.89. The minimum atomic E-state index is -3.61. The normalized spacial score (nSPS) is 18.0. The molecule has 0 fully saturated rings. The Kier molecular flexibility index (Phi) is 6.22. The summed E-state index contributed by atoms with van der Waals surface area (Å²) in [6.07, 6.45) is 1.67. The van der Waals surface area contributed by atoms with Crippen molar-refractivity contribution in [2.75, 3.05) is 12.8 Å². The van der Waals surface area contributed by atoms with Gasteiger partial charge in [-0.3, -0.25) is 4.79 Å². The zero-order valence-corrected chi connectivity index (χ0v) is 18.3. The van der Waals surface area contributed by atoms with E-state index in [-0.39, 0.29) is 25.0 Å². The number of nitrogens with zero attached hydrogens (tertiary/aromatic N) is 1. The first-order valence-corrected chi connectivity index (χ1v) is 11.5. The largest absolute Gasteiger partial charge is 0.487 e. The van der Waals surface area contributed by atoms with Crippen LogP contribution in [0.15, 0.2) is 48.5 Å². The minimum absolute atomic E-state index is 0.0295. The van der Waals surface area contributed by atoms with Gasteiger partial charge in [-0.15, -0.1) is 0 Å². The van der Waals surface area contributed by atoms with E-state index in [0.717, 1.165) is 21.9 Å². The van der Waals surface area contributed by atoms with E-state index in [0.29, 0.717) is 17.0 Å². The predicted molar refractivity (Wildman–Crippen MR) is 113 cm³/mol. The summed E-state index contributed by atoms with van der Waals surface area (Å²) in [6.45, 7) is 3.66. The first-order valence-electron chi connectivity index (χ1n) is 9.31. The maximum Gasteiger partial charge on any atom is 0.235 e. The molecule has 2 aromatic rings. The minimum Gasteiger partial charge on any atom is -0.487 e. The smallest absolute Gasteiger partial charge is 0.235 e. The molecule has 1 unspecified atom stereocenters. The maximum atomic E-state index is 12.8. The van der Waals surface area contributed by atoms with Gasteiger partial charge in [0.2, 0.25) is 15.9 Å². The summed E-state index contributed by atoms with van der Waals surface area (Å²) in [5.41, 5.74) is 1.09. The van der Waals surface area contributed by atoms with Crippen molar-refractivity contribution in [3.63, 3.8) is 0 Å². The highest BCUT2D eigenvalue weighted by Gasteiger charge is 2.34. The molecular formula is C21H25ClN2O4S. The number of hydrogen-bond donors (Lipinski definition) is 1. The Bertz CT molecular complexity index is 1010. The number of nitrogens with one attached hydrogen (secondary N) is 1. The first kappa shape index (κ1) is 21.6. The highest BCUT2D eigenvalue weighted by molar-refractivity contribution is 7.88. The highest BCUT2D eigenvalue weighted by atomic mass is 35.5. The zero-order valence-electron chi connectivity index (χ0n) is 16.7. The van der Waals surface area contributed by atoms with E-state index in [2.05, 4.69) is 5.32 Å². The van der Waals surface area contributed by atoms with E-state index in [1.807, 2.05) is 38.1 Å². The van der Waals surface area contributed by atoms with Crippen molar-refractivity contribution < 1.29 is 17.9 Å². The zero-order chi connectivity index (χ0) is 21.2. The van der Waals surface area contributed by atoms with E-state index in [9.17, 15) is 13.2 Å². The molecule has 0 bridgehead atoms. The molecule has 0 saturated carbocycles. The van der Waals surface area contributed by atoms with Gasteiger partial charge in [-0.2, -0.15) is 4.31 Å². The van der Waals surface area contributed by atoms with Crippen molar-refractivity contribution in [3.05, 3.63) is 64.7 Å². The number of halogens is 1. The van der Waals surface area contributed by atoms with Gasteiger partial charge in [-0.25, -0.2) is 8.42 Å². The highest BCUT2D eigenvalue weighted by Crippen LogP contribution is 2.39. The number of sulfonamides is 1. The predicted octanol–water partition coefficient (Wildman–Crippen LogP) is 3.52. The maximum absolute atomic E-state index is 12.8. The molecule has 0 spiro atoms. The average Bonchev–Trinajstić information content (AvgIpc) is 2.61. The molecule has 1 amide bonds. The van der Waals surface area contributed by atoms with Gasteiger partial charge in [0.05, 0.1) is 18.8 Å². The van der Waals surface area contributed by atoms with Crippen molar-refractivity contribution in [3.8, 4) is 5.75 Å². The lowest BCUT2D eigenvalue weighted by Gasteiger charge is -2.38. The molecule has 8 heteroatoms. The van der Waals surface area contributed by atoms with Crippen LogP contribution < -0.4 is 10.1 Å². The van der Waals surface area contributed by atoms with Gasteiger partial charge < -0.3 is 10.1 Å². The molecule has 156 valence electrons. The summed E-state index contributed by atoms with van der Waals surface area (Å²) >= 11 is 6.16. The number of hydrogen-bond acceptors (Lipinski definition) is 4. The molecule has 0 saturated heterocycles. The standard InChI is InChI=1S/C21H25ClN2O4S/c1-21(2)12-18(16-9-5-7-11-19(16)28-21)23-20(25)14-24(29(3,26)27)13-15-8-4-6-10-17(15)22/h4-11,18H,12-14H2,1-3H3,(H,23,25). The molecule has 1 N–H and O–H groups in total. The van der Waals surface area contributed by atoms with E-state index in [1.165, 1.54) is 0 Å². The molecule has 1 atom stereocenters. The summed E-state index contributed by atoms with van der Waals surface area (Å²) in [5.74, 6) is 0.352. The van der Waals surface area contributed by atoms with Crippen LogP contribution in [-0.2, 0) is 21.4 Å². The Morgan fingerprint density at radius 3 is 2.55 bits per heavy atom. The van der Waals surface area contributed by atoms with Gasteiger partial charge in [0.15, 0.2) is 0 Å². The molecule has 0 aromatic heterocycles. The molecule has 1 aliphatic heterocycles. The number of ether oxygens (including phenoxy) is 1. The van der Waals surface area contributed by atoms with Gasteiger partial charge >= 0.3 is 0 Å². The second-order valence-corrected chi connectivity index (χ2v) is 10.2. The third kappa shape index (κ3) is 5.50. The Balaban J connectivity index is 1.76. The Morgan fingerprint density at radius 1 is 1.21 bits per heavy atom. The lowest BCUT2D eigenvalue weighted by Crippen LogP contribution is -2.45. The van der Waals surface area contributed by atoms with Crippen LogP contribution in [0.4, 0.5) is 0 Å². The SMILES string of the molecule is CC1(C)CC(NC(=O)CN(Cc2ccccc2Cl)S(C)(=O)=O)c2ccccc2O1. The second-order valence-electron chi connectivity index (χ2n) is 7.85. The van der Waals surface area contributed by atoms with Crippen molar-refractivity contribution in [1.82, 2.24) is 9.62 Å². The van der Waals surface area contributed by atoms with Crippen LogP contribution in [0.1, 0.15) is 37.4 Å². The monoisotopic (exact) mass is 436 g/mol. The fourth-order valence-corrected chi connectivity index (χ4v) is 4.36. The molecule has 1 aliphatic rings. The molecule has 29 heavy (non-hydrogen) atoms. The molecule has 0 radical (unpaired) electrons. The number of benzene rings is 2. The van der Waals surface area contributed by atoms with Crippen molar-refractivity contribution in [2.45, 2.75) is 38.5 Å². The molecule has 3 rings (SSSR count). The quantitative estimate of drug-likeness (QED) is 0.751. The van der Waals surface area contributed by atoms with Gasteiger partial charge in [-0.1, -0.05) is 48.0 Å². The van der Waals surface area contributed by atoms with Gasteiger partial charge in [0.1, 0.15) is 11.4 Å². The van der Waals surface area contributed by atoms with Crippen molar-refractivity contribution in [1.29, 1.82) is 0 Å². The van der Waals surface area contributed by atoms with Crippen LogP contribution in [0, 0.1) is 0 Å². The molecule has 1 heterocycles. The fraction of sp³-hybridized carbons (Fsp3) is 0.381. The number of amides is 1. The van der Waals surface area contributed by atoms with Crippen LogP contribution >= 0.6 is 11.6 Å². The first-order chi connectivity index (χ1) is 13.5. The Labute approximate surface area is 176 Å². The van der Waals surface area contributed by atoms with Gasteiger partial charge in [0, 0.05) is 23.6 Å². The van der Waals surface area contributed by atoms with Crippen LogP contribution in [-0.4, -0.2) is 37.0 Å². The second kappa shape index (κ2) is 8.34. The molecule has 2 aromatic carbocycles.